The molecule has 2 atom stereocenters. The lowest BCUT2D eigenvalue weighted by Gasteiger charge is -2.30. The van der Waals surface area contributed by atoms with Gasteiger partial charge in [-0.05, 0) is 50.3 Å². The molecule has 0 amide bonds. The Bertz CT molecular complexity index is 371. The normalized spacial score (nSPS) is 20.6. The molecule has 0 saturated heterocycles. The van der Waals surface area contributed by atoms with E-state index < -0.39 is 0 Å². The fourth-order valence-electron chi connectivity index (χ4n) is 3.04. The third-order valence-electron chi connectivity index (χ3n) is 4.22. The van der Waals surface area contributed by atoms with Crippen molar-refractivity contribution in [2.45, 2.75) is 58.0 Å². The van der Waals surface area contributed by atoms with E-state index >= 15 is 0 Å². The molecule has 100 valence electrons. The minimum Gasteiger partial charge on any atom is -0.307 e. The Morgan fingerprint density at radius 1 is 1.17 bits per heavy atom. The molecule has 2 unspecified atom stereocenters. The van der Waals surface area contributed by atoms with Crippen LogP contribution >= 0.6 is 0 Å². The summed E-state index contributed by atoms with van der Waals surface area (Å²) >= 11 is 0. The summed E-state index contributed by atoms with van der Waals surface area (Å²) in [6.07, 6.45) is 6.80. The summed E-state index contributed by atoms with van der Waals surface area (Å²) < 4.78 is 13.2. The van der Waals surface area contributed by atoms with Crippen LogP contribution < -0.4 is 5.32 Å². The van der Waals surface area contributed by atoms with Gasteiger partial charge in [-0.3, -0.25) is 0 Å². The topological polar surface area (TPSA) is 12.0 Å². The van der Waals surface area contributed by atoms with E-state index in [0.29, 0.717) is 6.04 Å². The SMILES string of the molecule is CC(NC(C)C1CCCCC1)c1cccc(F)c1. The first kappa shape index (κ1) is 13.5. The summed E-state index contributed by atoms with van der Waals surface area (Å²) in [5.74, 6) is 0.640. The molecule has 1 aromatic carbocycles. The smallest absolute Gasteiger partial charge is 0.123 e. The molecule has 0 aromatic heterocycles. The average Bonchev–Trinajstić information content (AvgIpc) is 2.39. The number of hydrogen-bond donors (Lipinski definition) is 1. The molecule has 1 aliphatic rings. The molecule has 1 saturated carbocycles. The average molecular weight is 249 g/mol. The summed E-state index contributed by atoms with van der Waals surface area (Å²) in [7, 11) is 0. The maximum atomic E-state index is 13.2. The Morgan fingerprint density at radius 2 is 1.89 bits per heavy atom. The van der Waals surface area contributed by atoms with Gasteiger partial charge in [0.15, 0.2) is 0 Å². The van der Waals surface area contributed by atoms with E-state index in [4.69, 9.17) is 0 Å². The van der Waals surface area contributed by atoms with Crippen molar-refractivity contribution in [2.75, 3.05) is 0 Å². The second-order valence-corrected chi connectivity index (χ2v) is 5.63. The van der Waals surface area contributed by atoms with Crippen molar-refractivity contribution in [1.82, 2.24) is 5.32 Å². The standard InChI is InChI=1S/C16H24FN/c1-12(14-7-4-3-5-8-14)18-13(2)15-9-6-10-16(17)11-15/h6,9-14,18H,3-5,7-8H2,1-2H3. The van der Waals surface area contributed by atoms with Crippen molar-refractivity contribution in [3.05, 3.63) is 35.6 Å². The van der Waals surface area contributed by atoms with Crippen molar-refractivity contribution in [3.63, 3.8) is 0 Å². The zero-order valence-electron chi connectivity index (χ0n) is 11.5. The van der Waals surface area contributed by atoms with E-state index in [1.54, 1.807) is 12.1 Å². The maximum Gasteiger partial charge on any atom is 0.123 e. The molecule has 1 N–H and O–H groups in total. The molecule has 1 aromatic rings. The summed E-state index contributed by atoms with van der Waals surface area (Å²) in [5, 5.41) is 3.63. The Kier molecular flexibility index (Phi) is 4.76. The lowest BCUT2D eigenvalue weighted by atomic mass is 9.84. The fourth-order valence-corrected chi connectivity index (χ4v) is 3.04. The van der Waals surface area contributed by atoms with E-state index in [1.165, 1.54) is 38.2 Å². The third kappa shape index (κ3) is 3.55. The van der Waals surface area contributed by atoms with Gasteiger partial charge < -0.3 is 5.32 Å². The Morgan fingerprint density at radius 3 is 2.56 bits per heavy atom. The van der Waals surface area contributed by atoms with Crippen LogP contribution in [0.3, 0.4) is 0 Å². The molecule has 0 bridgehead atoms. The second kappa shape index (κ2) is 6.33. The minimum absolute atomic E-state index is 0.147. The van der Waals surface area contributed by atoms with Crippen LogP contribution in [0.25, 0.3) is 0 Å². The van der Waals surface area contributed by atoms with Crippen LogP contribution in [0.4, 0.5) is 4.39 Å². The van der Waals surface area contributed by atoms with Gasteiger partial charge in [-0.2, -0.15) is 0 Å². The highest BCUT2D eigenvalue weighted by atomic mass is 19.1. The first-order chi connectivity index (χ1) is 8.66. The van der Waals surface area contributed by atoms with Crippen LogP contribution in [0, 0.1) is 11.7 Å². The molecular formula is C16H24FN. The zero-order valence-corrected chi connectivity index (χ0v) is 11.5. The summed E-state index contributed by atoms with van der Waals surface area (Å²) in [6, 6.07) is 7.65. The van der Waals surface area contributed by atoms with Crippen molar-refractivity contribution in [1.29, 1.82) is 0 Å². The molecule has 18 heavy (non-hydrogen) atoms. The molecule has 0 heterocycles. The first-order valence-electron chi connectivity index (χ1n) is 7.18. The van der Waals surface area contributed by atoms with Gasteiger partial charge in [0.1, 0.15) is 5.82 Å². The van der Waals surface area contributed by atoms with Crippen LogP contribution in [0.15, 0.2) is 24.3 Å². The second-order valence-electron chi connectivity index (χ2n) is 5.63. The van der Waals surface area contributed by atoms with Crippen molar-refractivity contribution >= 4 is 0 Å². The predicted octanol–water partition coefficient (Wildman–Crippen LogP) is 4.45. The highest BCUT2D eigenvalue weighted by Gasteiger charge is 2.21. The summed E-state index contributed by atoms with van der Waals surface area (Å²) in [6.45, 7) is 4.39. The van der Waals surface area contributed by atoms with Crippen LogP contribution in [0.5, 0.6) is 0 Å². The van der Waals surface area contributed by atoms with Crippen LogP contribution in [0.2, 0.25) is 0 Å². The highest BCUT2D eigenvalue weighted by Crippen LogP contribution is 2.27. The van der Waals surface area contributed by atoms with E-state index in [9.17, 15) is 4.39 Å². The molecule has 1 nitrogen and oxygen atoms in total. The molecule has 0 spiro atoms. The Labute approximate surface area is 110 Å². The third-order valence-corrected chi connectivity index (χ3v) is 4.22. The van der Waals surface area contributed by atoms with Gasteiger partial charge in [0.25, 0.3) is 0 Å². The number of hydrogen-bond acceptors (Lipinski definition) is 1. The number of rotatable bonds is 4. The van der Waals surface area contributed by atoms with E-state index in [0.717, 1.165) is 11.5 Å². The lowest BCUT2D eigenvalue weighted by molar-refractivity contribution is 0.268. The number of halogens is 1. The molecular weight excluding hydrogens is 225 g/mol. The molecule has 2 heteroatoms. The van der Waals surface area contributed by atoms with Gasteiger partial charge in [0.05, 0.1) is 0 Å². The van der Waals surface area contributed by atoms with Gasteiger partial charge in [-0.1, -0.05) is 31.4 Å². The van der Waals surface area contributed by atoms with E-state index in [-0.39, 0.29) is 11.9 Å². The Hall–Kier alpha value is -0.890. The zero-order chi connectivity index (χ0) is 13.0. The lowest BCUT2D eigenvalue weighted by Crippen LogP contribution is -2.36. The van der Waals surface area contributed by atoms with Crippen molar-refractivity contribution < 1.29 is 4.39 Å². The molecule has 1 fully saturated rings. The maximum absolute atomic E-state index is 13.2. The number of nitrogens with one attached hydrogen (secondary N) is 1. The van der Waals surface area contributed by atoms with Crippen molar-refractivity contribution in [3.8, 4) is 0 Å². The van der Waals surface area contributed by atoms with Crippen LogP contribution in [0.1, 0.15) is 57.6 Å². The first-order valence-corrected chi connectivity index (χ1v) is 7.18. The predicted molar refractivity (Wildman–Crippen MR) is 74.0 cm³/mol. The monoisotopic (exact) mass is 249 g/mol. The van der Waals surface area contributed by atoms with E-state index in [1.807, 2.05) is 6.07 Å². The summed E-state index contributed by atoms with van der Waals surface area (Å²) in [4.78, 5) is 0. The van der Waals surface area contributed by atoms with Gasteiger partial charge in [0, 0.05) is 12.1 Å². The van der Waals surface area contributed by atoms with Gasteiger partial charge in [-0.15, -0.1) is 0 Å². The summed E-state index contributed by atoms with van der Waals surface area (Å²) in [5.41, 5.74) is 1.04. The van der Waals surface area contributed by atoms with Crippen LogP contribution in [-0.4, -0.2) is 6.04 Å². The Balaban J connectivity index is 1.91. The van der Waals surface area contributed by atoms with Gasteiger partial charge in [0.2, 0.25) is 0 Å². The quantitative estimate of drug-likeness (QED) is 0.831. The molecule has 2 rings (SSSR count). The van der Waals surface area contributed by atoms with Crippen LogP contribution in [-0.2, 0) is 0 Å². The number of benzene rings is 1. The minimum atomic E-state index is -0.147. The fraction of sp³-hybridized carbons (Fsp3) is 0.625. The van der Waals surface area contributed by atoms with Crippen molar-refractivity contribution in [2.24, 2.45) is 5.92 Å². The highest BCUT2D eigenvalue weighted by molar-refractivity contribution is 5.19. The van der Waals surface area contributed by atoms with Gasteiger partial charge >= 0.3 is 0 Å². The molecule has 0 aliphatic heterocycles. The molecule has 0 radical (unpaired) electrons. The van der Waals surface area contributed by atoms with Gasteiger partial charge in [-0.25, -0.2) is 4.39 Å². The van der Waals surface area contributed by atoms with E-state index in [2.05, 4.69) is 19.2 Å². The molecule has 1 aliphatic carbocycles. The largest absolute Gasteiger partial charge is 0.307 e.